The van der Waals surface area contributed by atoms with Crippen LogP contribution in [0.2, 0.25) is 0 Å². The van der Waals surface area contributed by atoms with Crippen LogP contribution in [-0.4, -0.2) is 34.7 Å². The van der Waals surface area contributed by atoms with E-state index in [9.17, 15) is 0 Å². The first-order valence-electron chi connectivity index (χ1n) is 2.86. The summed E-state index contributed by atoms with van der Waals surface area (Å²) in [6.45, 7) is 0.0211. The van der Waals surface area contributed by atoms with Crippen LogP contribution in [-0.2, 0) is 6.61 Å². The van der Waals surface area contributed by atoms with E-state index in [2.05, 4.69) is 25.3 Å². The molecule has 1 N–H and O–H groups in total. The monoisotopic (exact) mass is 196 g/mol. The third-order valence-electron chi connectivity index (χ3n) is 1.23. The Morgan fingerprint density at radius 2 is 1.91 bits per heavy atom. The molecule has 0 aliphatic carbocycles. The van der Waals surface area contributed by atoms with E-state index in [-0.39, 0.29) is 36.2 Å². The predicted octanol–water partition coefficient (Wildman–Crippen LogP) is 1.11. The average molecular weight is 196 g/mol. The molecule has 0 atom stereocenters. The zero-order valence-electron chi connectivity index (χ0n) is 5.28. The molecule has 0 unspecified atom stereocenters. The summed E-state index contributed by atoms with van der Waals surface area (Å²) in [6, 6.07) is 5.45. The van der Waals surface area contributed by atoms with E-state index in [4.69, 9.17) is 5.11 Å². The second-order valence-corrected chi connectivity index (χ2v) is 2.97. The molecule has 0 aromatic heterocycles. The number of hydrogen-bond donors (Lipinski definition) is 3. The molecule has 1 aromatic carbocycles. The molecule has 0 fully saturated rings. The summed E-state index contributed by atoms with van der Waals surface area (Å²) in [5.41, 5.74) is 0.816. The molecule has 0 heterocycles. The van der Waals surface area contributed by atoms with Gasteiger partial charge in [-0.25, -0.2) is 0 Å². The number of rotatable bonds is 1. The van der Waals surface area contributed by atoms with E-state index in [0.717, 1.165) is 15.4 Å². The standard InChI is InChI=1S/C7H8OS2.Na.H/c8-4-5-3-6(9)1-2-7(5)10;;/h1-3,8-10H,4H2;;. The number of hydrogen-bond acceptors (Lipinski definition) is 3. The quantitative estimate of drug-likeness (QED) is 0.454. The Kier molecular flexibility index (Phi) is 5.95. The Morgan fingerprint density at radius 1 is 1.27 bits per heavy atom. The molecule has 11 heavy (non-hydrogen) atoms. The van der Waals surface area contributed by atoms with Gasteiger partial charge in [0.2, 0.25) is 0 Å². The first-order valence-corrected chi connectivity index (χ1v) is 3.75. The van der Waals surface area contributed by atoms with Crippen molar-refractivity contribution in [1.29, 1.82) is 0 Å². The zero-order chi connectivity index (χ0) is 7.56. The van der Waals surface area contributed by atoms with Crippen LogP contribution in [0.3, 0.4) is 0 Å². The molecule has 1 nitrogen and oxygen atoms in total. The number of aliphatic hydroxyl groups excluding tert-OH is 1. The molecule has 0 aliphatic rings. The SMILES string of the molecule is OCc1cc(S)ccc1S.[NaH]. The number of thiol groups is 2. The first kappa shape index (κ1) is 11.9. The first-order chi connectivity index (χ1) is 4.74. The van der Waals surface area contributed by atoms with Crippen LogP contribution in [0.4, 0.5) is 0 Å². The Morgan fingerprint density at radius 3 is 2.36 bits per heavy atom. The van der Waals surface area contributed by atoms with Crippen LogP contribution in [0.15, 0.2) is 28.0 Å². The average Bonchev–Trinajstić information content (AvgIpc) is 1.94. The van der Waals surface area contributed by atoms with Gasteiger partial charge < -0.3 is 5.11 Å². The van der Waals surface area contributed by atoms with Crippen molar-refractivity contribution in [1.82, 2.24) is 0 Å². The van der Waals surface area contributed by atoms with E-state index in [1.54, 1.807) is 6.07 Å². The van der Waals surface area contributed by atoms with Gasteiger partial charge in [-0.05, 0) is 23.8 Å². The van der Waals surface area contributed by atoms with Crippen molar-refractivity contribution in [3.63, 3.8) is 0 Å². The van der Waals surface area contributed by atoms with Crippen LogP contribution in [0.1, 0.15) is 5.56 Å². The molecule has 0 spiro atoms. The summed E-state index contributed by atoms with van der Waals surface area (Å²) in [5.74, 6) is 0. The fourth-order valence-electron chi connectivity index (χ4n) is 0.699. The molecule has 0 radical (unpaired) electrons. The Balaban J connectivity index is 0.000001000. The molecule has 0 bridgehead atoms. The summed E-state index contributed by atoms with van der Waals surface area (Å²) < 4.78 is 0. The summed E-state index contributed by atoms with van der Waals surface area (Å²) in [5, 5.41) is 8.76. The van der Waals surface area contributed by atoms with E-state index in [1.807, 2.05) is 12.1 Å². The zero-order valence-corrected chi connectivity index (χ0v) is 7.07. The third kappa shape index (κ3) is 3.40. The molecule has 1 rings (SSSR count). The van der Waals surface area contributed by atoms with Crippen molar-refractivity contribution < 1.29 is 5.11 Å². The molecular formula is C7H9NaOS2. The third-order valence-corrected chi connectivity index (χ3v) is 1.95. The van der Waals surface area contributed by atoms with Gasteiger partial charge in [-0.15, -0.1) is 25.3 Å². The van der Waals surface area contributed by atoms with Crippen LogP contribution >= 0.6 is 25.3 Å². The summed E-state index contributed by atoms with van der Waals surface area (Å²) in [6.07, 6.45) is 0. The van der Waals surface area contributed by atoms with Gasteiger partial charge in [0.05, 0.1) is 6.61 Å². The second-order valence-electron chi connectivity index (χ2n) is 1.97. The van der Waals surface area contributed by atoms with Gasteiger partial charge in [-0.3, -0.25) is 0 Å². The number of aliphatic hydroxyl groups is 1. The molecule has 0 saturated heterocycles. The van der Waals surface area contributed by atoms with Gasteiger partial charge in [0, 0.05) is 9.79 Å². The van der Waals surface area contributed by atoms with E-state index < -0.39 is 0 Å². The maximum absolute atomic E-state index is 8.76. The van der Waals surface area contributed by atoms with Crippen molar-refractivity contribution in [2.24, 2.45) is 0 Å². The fourth-order valence-corrected chi connectivity index (χ4v) is 1.14. The molecule has 1 aromatic rings. The normalized spacial score (nSPS) is 9.00. The number of benzene rings is 1. The topological polar surface area (TPSA) is 20.2 Å². The Labute approximate surface area is 99.3 Å². The molecule has 0 aliphatic heterocycles. The van der Waals surface area contributed by atoms with Crippen molar-refractivity contribution in [3.8, 4) is 0 Å². The molecule has 4 heteroatoms. The predicted molar refractivity (Wildman–Crippen MR) is 54.0 cm³/mol. The van der Waals surface area contributed by atoms with Gasteiger partial charge in [0.25, 0.3) is 0 Å². The van der Waals surface area contributed by atoms with E-state index in [0.29, 0.717) is 0 Å². The molecule has 0 saturated carbocycles. The minimum absolute atomic E-state index is 0. The summed E-state index contributed by atoms with van der Waals surface area (Å²) in [7, 11) is 0. The maximum atomic E-state index is 8.76. The van der Waals surface area contributed by atoms with Gasteiger partial charge in [-0.1, -0.05) is 0 Å². The second kappa shape index (κ2) is 5.51. The van der Waals surface area contributed by atoms with Gasteiger partial charge in [0.1, 0.15) is 0 Å². The van der Waals surface area contributed by atoms with Crippen LogP contribution in [0.5, 0.6) is 0 Å². The fraction of sp³-hybridized carbons (Fsp3) is 0.143. The molecular weight excluding hydrogens is 187 g/mol. The van der Waals surface area contributed by atoms with Crippen LogP contribution < -0.4 is 0 Å². The van der Waals surface area contributed by atoms with Gasteiger partial charge >= 0.3 is 29.6 Å². The van der Waals surface area contributed by atoms with Crippen molar-refractivity contribution in [2.75, 3.05) is 0 Å². The summed E-state index contributed by atoms with van der Waals surface area (Å²) >= 11 is 8.24. The van der Waals surface area contributed by atoms with Gasteiger partial charge in [-0.2, -0.15) is 0 Å². The molecule has 56 valence electrons. The van der Waals surface area contributed by atoms with E-state index in [1.165, 1.54) is 0 Å². The van der Waals surface area contributed by atoms with Gasteiger partial charge in [0.15, 0.2) is 0 Å². The Hall–Kier alpha value is 0.880. The van der Waals surface area contributed by atoms with Crippen molar-refractivity contribution in [3.05, 3.63) is 23.8 Å². The van der Waals surface area contributed by atoms with Crippen LogP contribution in [0, 0.1) is 0 Å². The minimum atomic E-state index is 0. The summed E-state index contributed by atoms with van der Waals surface area (Å²) in [4.78, 5) is 1.65. The van der Waals surface area contributed by atoms with Crippen molar-refractivity contribution >= 4 is 54.8 Å². The van der Waals surface area contributed by atoms with Crippen LogP contribution in [0.25, 0.3) is 0 Å². The molecule has 0 amide bonds. The Bertz CT molecular complexity index is 240. The van der Waals surface area contributed by atoms with E-state index >= 15 is 0 Å². The van der Waals surface area contributed by atoms with Crippen molar-refractivity contribution in [2.45, 2.75) is 16.4 Å².